The molecular formula is C13H13F3N2S. The molecule has 102 valence electrons. The first-order valence-corrected chi connectivity index (χ1v) is 6.67. The van der Waals surface area contributed by atoms with Gasteiger partial charge in [0.1, 0.15) is 10.8 Å². The lowest BCUT2D eigenvalue weighted by Crippen LogP contribution is -2.29. The molecule has 0 aliphatic rings. The molecule has 0 spiro atoms. The van der Waals surface area contributed by atoms with E-state index in [1.807, 2.05) is 13.8 Å². The van der Waals surface area contributed by atoms with Gasteiger partial charge in [0.2, 0.25) is 0 Å². The minimum Gasteiger partial charge on any atom is -0.302 e. The van der Waals surface area contributed by atoms with Gasteiger partial charge in [0.15, 0.2) is 11.6 Å². The molecule has 0 bridgehead atoms. The Hall–Kier alpha value is -1.40. The van der Waals surface area contributed by atoms with Crippen molar-refractivity contribution in [3.05, 3.63) is 51.7 Å². The van der Waals surface area contributed by atoms with E-state index in [9.17, 15) is 13.2 Å². The number of benzene rings is 1. The van der Waals surface area contributed by atoms with E-state index >= 15 is 0 Å². The lowest BCUT2D eigenvalue weighted by Gasteiger charge is -2.20. The molecule has 0 fully saturated rings. The van der Waals surface area contributed by atoms with Crippen LogP contribution in [0.3, 0.4) is 0 Å². The van der Waals surface area contributed by atoms with Gasteiger partial charge in [-0.3, -0.25) is 0 Å². The van der Waals surface area contributed by atoms with Crippen LogP contribution in [0.1, 0.15) is 30.5 Å². The van der Waals surface area contributed by atoms with Crippen LogP contribution in [-0.4, -0.2) is 11.0 Å². The van der Waals surface area contributed by atoms with E-state index in [1.54, 1.807) is 11.6 Å². The summed E-state index contributed by atoms with van der Waals surface area (Å²) in [6.07, 6.45) is 1.59. The summed E-state index contributed by atoms with van der Waals surface area (Å²) in [6.45, 7) is 3.77. The van der Waals surface area contributed by atoms with Crippen molar-refractivity contribution in [2.45, 2.75) is 25.9 Å². The third-order valence-electron chi connectivity index (χ3n) is 2.55. The molecule has 1 N–H and O–H groups in total. The number of rotatable bonds is 4. The summed E-state index contributed by atoms with van der Waals surface area (Å²) in [5.74, 6) is -3.04. The standard InChI is InChI=1S/C13H13F3N2S/c1-7(2)18-12(13-17-3-4-19-13)8-5-10(15)11(16)6-9(8)14/h3-7,12,18H,1-2H3. The first-order chi connectivity index (χ1) is 8.99. The molecule has 2 rings (SSSR count). The number of hydrogen-bond acceptors (Lipinski definition) is 3. The smallest absolute Gasteiger partial charge is 0.161 e. The van der Waals surface area contributed by atoms with Gasteiger partial charge in [-0.2, -0.15) is 0 Å². The predicted octanol–water partition coefficient (Wildman–Crippen LogP) is 3.65. The Morgan fingerprint density at radius 3 is 2.37 bits per heavy atom. The Kier molecular flexibility index (Phi) is 4.21. The molecule has 1 unspecified atom stereocenters. The fourth-order valence-electron chi connectivity index (χ4n) is 1.76. The number of hydrogen-bond donors (Lipinski definition) is 1. The number of nitrogens with zero attached hydrogens (tertiary/aromatic N) is 1. The van der Waals surface area contributed by atoms with Crippen molar-refractivity contribution in [3.8, 4) is 0 Å². The molecule has 0 aliphatic heterocycles. The van der Waals surface area contributed by atoms with Crippen molar-refractivity contribution in [3.63, 3.8) is 0 Å². The molecule has 0 saturated carbocycles. The van der Waals surface area contributed by atoms with Gasteiger partial charge in [0, 0.05) is 29.2 Å². The maximum absolute atomic E-state index is 13.9. The van der Waals surface area contributed by atoms with Crippen molar-refractivity contribution in [2.75, 3.05) is 0 Å². The highest BCUT2D eigenvalue weighted by Crippen LogP contribution is 2.28. The number of thiazole rings is 1. The molecule has 0 amide bonds. The van der Waals surface area contributed by atoms with Gasteiger partial charge in [-0.05, 0) is 19.9 Å². The third-order valence-corrected chi connectivity index (χ3v) is 3.39. The zero-order chi connectivity index (χ0) is 14.0. The summed E-state index contributed by atoms with van der Waals surface area (Å²) in [7, 11) is 0. The third kappa shape index (κ3) is 3.13. The van der Waals surface area contributed by atoms with Crippen LogP contribution in [0.2, 0.25) is 0 Å². The Bertz CT molecular complexity index is 555. The highest BCUT2D eigenvalue weighted by molar-refractivity contribution is 7.09. The molecule has 1 aromatic carbocycles. The monoisotopic (exact) mass is 286 g/mol. The van der Waals surface area contributed by atoms with Crippen LogP contribution in [0.4, 0.5) is 13.2 Å². The topological polar surface area (TPSA) is 24.9 Å². The fraction of sp³-hybridized carbons (Fsp3) is 0.308. The molecular weight excluding hydrogens is 273 g/mol. The summed E-state index contributed by atoms with van der Waals surface area (Å²) in [5, 5.41) is 5.47. The zero-order valence-corrected chi connectivity index (χ0v) is 11.3. The summed E-state index contributed by atoms with van der Waals surface area (Å²) in [4.78, 5) is 4.11. The Balaban J connectivity index is 2.46. The second-order valence-corrected chi connectivity index (χ2v) is 5.34. The van der Waals surface area contributed by atoms with Gasteiger partial charge < -0.3 is 5.32 Å². The zero-order valence-electron chi connectivity index (χ0n) is 10.5. The highest BCUT2D eigenvalue weighted by Gasteiger charge is 2.23. The number of aromatic nitrogens is 1. The van der Waals surface area contributed by atoms with Crippen molar-refractivity contribution in [2.24, 2.45) is 0 Å². The first kappa shape index (κ1) is 14.0. The van der Waals surface area contributed by atoms with E-state index in [4.69, 9.17) is 0 Å². The van der Waals surface area contributed by atoms with E-state index in [0.29, 0.717) is 11.1 Å². The van der Waals surface area contributed by atoms with E-state index in [2.05, 4.69) is 10.3 Å². The molecule has 2 aromatic rings. The average molecular weight is 286 g/mol. The van der Waals surface area contributed by atoms with Gasteiger partial charge in [-0.1, -0.05) is 0 Å². The van der Waals surface area contributed by atoms with Crippen LogP contribution in [-0.2, 0) is 0 Å². The molecule has 0 radical (unpaired) electrons. The van der Waals surface area contributed by atoms with Crippen LogP contribution < -0.4 is 5.32 Å². The van der Waals surface area contributed by atoms with E-state index in [1.165, 1.54) is 11.3 Å². The predicted molar refractivity (Wildman–Crippen MR) is 68.5 cm³/mol. The lowest BCUT2D eigenvalue weighted by atomic mass is 10.1. The molecule has 6 heteroatoms. The molecule has 0 saturated heterocycles. The van der Waals surface area contributed by atoms with Gasteiger partial charge in [-0.25, -0.2) is 18.2 Å². The van der Waals surface area contributed by atoms with Gasteiger partial charge in [0.05, 0.1) is 6.04 Å². The Morgan fingerprint density at radius 1 is 1.11 bits per heavy atom. The lowest BCUT2D eigenvalue weighted by molar-refractivity contribution is 0.468. The molecule has 2 nitrogen and oxygen atoms in total. The van der Waals surface area contributed by atoms with E-state index in [-0.39, 0.29) is 11.6 Å². The van der Waals surface area contributed by atoms with Crippen LogP contribution in [0.5, 0.6) is 0 Å². The van der Waals surface area contributed by atoms with E-state index in [0.717, 1.165) is 6.07 Å². The number of halogens is 3. The Labute approximate surface area is 113 Å². The summed E-state index contributed by atoms with van der Waals surface area (Å²) in [6, 6.07) is 0.899. The van der Waals surface area contributed by atoms with Crippen LogP contribution >= 0.6 is 11.3 Å². The molecule has 1 atom stereocenters. The second kappa shape index (κ2) is 5.71. The molecule has 19 heavy (non-hydrogen) atoms. The number of nitrogens with one attached hydrogen (secondary N) is 1. The van der Waals surface area contributed by atoms with E-state index < -0.39 is 23.5 Å². The molecule has 1 heterocycles. The van der Waals surface area contributed by atoms with Crippen LogP contribution in [0, 0.1) is 17.5 Å². The van der Waals surface area contributed by atoms with Gasteiger partial charge >= 0.3 is 0 Å². The van der Waals surface area contributed by atoms with Crippen LogP contribution in [0.15, 0.2) is 23.7 Å². The average Bonchev–Trinajstić information content (AvgIpc) is 2.84. The first-order valence-electron chi connectivity index (χ1n) is 5.79. The van der Waals surface area contributed by atoms with Crippen molar-refractivity contribution in [1.29, 1.82) is 0 Å². The van der Waals surface area contributed by atoms with Crippen molar-refractivity contribution >= 4 is 11.3 Å². The van der Waals surface area contributed by atoms with Crippen molar-refractivity contribution in [1.82, 2.24) is 10.3 Å². The summed E-state index contributed by atoms with van der Waals surface area (Å²) >= 11 is 1.33. The minimum atomic E-state index is -1.19. The Morgan fingerprint density at radius 2 is 1.79 bits per heavy atom. The SMILES string of the molecule is CC(C)NC(c1nccs1)c1cc(F)c(F)cc1F. The van der Waals surface area contributed by atoms with Crippen molar-refractivity contribution < 1.29 is 13.2 Å². The van der Waals surface area contributed by atoms with Gasteiger partial charge in [-0.15, -0.1) is 11.3 Å². The largest absolute Gasteiger partial charge is 0.302 e. The molecule has 1 aromatic heterocycles. The second-order valence-electron chi connectivity index (χ2n) is 4.41. The normalized spacial score (nSPS) is 12.9. The quantitative estimate of drug-likeness (QED) is 0.868. The summed E-state index contributed by atoms with van der Waals surface area (Å²) < 4.78 is 40.1. The van der Waals surface area contributed by atoms with Crippen LogP contribution in [0.25, 0.3) is 0 Å². The minimum absolute atomic E-state index is 0.0430. The van der Waals surface area contributed by atoms with Gasteiger partial charge in [0.25, 0.3) is 0 Å². The molecule has 0 aliphatic carbocycles. The maximum Gasteiger partial charge on any atom is 0.161 e. The maximum atomic E-state index is 13.9. The summed E-state index contributed by atoms with van der Waals surface area (Å²) in [5.41, 5.74) is 0.0579. The fourth-order valence-corrected chi connectivity index (χ4v) is 2.48. The highest BCUT2D eigenvalue weighted by atomic mass is 32.1.